The molecule has 2 unspecified atom stereocenters. The van der Waals surface area contributed by atoms with Gasteiger partial charge in [-0.2, -0.15) is 0 Å². The molecule has 0 spiro atoms. The molecule has 5 rings (SSSR count). The molecule has 196 valence electrons. The van der Waals surface area contributed by atoms with E-state index in [-0.39, 0.29) is 17.7 Å². The number of carbonyl (C=O) groups is 3. The largest absolute Gasteiger partial charge is 0.490 e. The molecule has 3 aliphatic heterocycles. The molecule has 3 aliphatic rings. The van der Waals surface area contributed by atoms with E-state index in [1.165, 1.54) is 0 Å². The van der Waals surface area contributed by atoms with Gasteiger partial charge in [0.05, 0.1) is 25.2 Å². The van der Waals surface area contributed by atoms with Gasteiger partial charge in [-0.3, -0.25) is 14.4 Å². The molecule has 0 bridgehead atoms. The molecule has 8 heteroatoms. The van der Waals surface area contributed by atoms with Crippen LogP contribution < -0.4 is 14.8 Å². The highest BCUT2D eigenvalue weighted by molar-refractivity contribution is 6.01. The van der Waals surface area contributed by atoms with E-state index in [4.69, 9.17) is 9.47 Å². The summed E-state index contributed by atoms with van der Waals surface area (Å²) in [5.74, 6) is 0.810. The minimum absolute atomic E-state index is 0.0466. The smallest absolute Gasteiger partial charge is 0.254 e. The summed E-state index contributed by atoms with van der Waals surface area (Å²) in [5.41, 5.74) is 3.34. The van der Waals surface area contributed by atoms with Gasteiger partial charge in [-0.25, -0.2) is 0 Å². The van der Waals surface area contributed by atoms with E-state index in [9.17, 15) is 14.4 Å². The summed E-state index contributed by atoms with van der Waals surface area (Å²) in [5, 5.41) is 3.11. The summed E-state index contributed by atoms with van der Waals surface area (Å²) >= 11 is 0. The third-order valence-electron chi connectivity index (χ3n) is 7.54. The standard InChI is InChI=1S/C29H35N3O5/c1-3-36-23-17-19-12-16-32-27(22(19)18-24(23)37-4-2)26(20-9-5-6-10-21(20)29(32)35)28(34)30-13-8-15-31-14-7-11-25(31)33/h5-6,9-10,17-18,26-27H,3-4,7-8,11-16H2,1-2H3,(H,30,34). The van der Waals surface area contributed by atoms with Crippen molar-refractivity contribution in [2.45, 2.75) is 51.5 Å². The number of hydrogen-bond acceptors (Lipinski definition) is 5. The zero-order valence-electron chi connectivity index (χ0n) is 21.6. The topological polar surface area (TPSA) is 88.2 Å². The number of ether oxygens (including phenoxy) is 2. The summed E-state index contributed by atoms with van der Waals surface area (Å²) in [4.78, 5) is 43.0. The van der Waals surface area contributed by atoms with Crippen LogP contribution in [0.5, 0.6) is 11.5 Å². The molecular weight excluding hydrogens is 470 g/mol. The van der Waals surface area contributed by atoms with Gasteiger partial charge < -0.3 is 24.6 Å². The summed E-state index contributed by atoms with van der Waals surface area (Å²) in [7, 11) is 0. The number of hydrogen-bond donors (Lipinski definition) is 1. The van der Waals surface area contributed by atoms with Crippen molar-refractivity contribution in [3.63, 3.8) is 0 Å². The average Bonchev–Trinajstić information content (AvgIpc) is 3.31. The van der Waals surface area contributed by atoms with Gasteiger partial charge in [0, 0.05) is 38.2 Å². The van der Waals surface area contributed by atoms with Crippen molar-refractivity contribution in [1.29, 1.82) is 0 Å². The minimum Gasteiger partial charge on any atom is -0.490 e. The zero-order valence-corrected chi connectivity index (χ0v) is 21.6. The molecule has 1 saturated heterocycles. The van der Waals surface area contributed by atoms with E-state index in [2.05, 4.69) is 5.32 Å². The fourth-order valence-electron chi connectivity index (χ4n) is 5.89. The van der Waals surface area contributed by atoms with Crippen LogP contribution >= 0.6 is 0 Å². The van der Waals surface area contributed by atoms with E-state index >= 15 is 0 Å². The number of nitrogens with zero attached hydrogens (tertiary/aromatic N) is 2. The van der Waals surface area contributed by atoms with Crippen LogP contribution in [0.25, 0.3) is 0 Å². The average molecular weight is 506 g/mol. The Labute approximate surface area is 217 Å². The Balaban J connectivity index is 1.46. The van der Waals surface area contributed by atoms with Crippen molar-refractivity contribution in [2.75, 3.05) is 39.4 Å². The van der Waals surface area contributed by atoms with Crippen LogP contribution in [0.1, 0.15) is 72.1 Å². The number of carbonyl (C=O) groups excluding carboxylic acids is 3. The second-order valence-corrected chi connectivity index (χ2v) is 9.75. The van der Waals surface area contributed by atoms with Crippen LogP contribution in [0, 0.1) is 0 Å². The van der Waals surface area contributed by atoms with Gasteiger partial charge in [-0.1, -0.05) is 18.2 Å². The lowest BCUT2D eigenvalue weighted by Gasteiger charge is -2.45. The molecule has 0 saturated carbocycles. The van der Waals surface area contributed by atoms with Crippen LogP contribution in [0.4, 0.5) is 0 Å². The first-order chi connectivity index (χ1) is 18.0. The van der Waals surface area contributed by atoms with E-state index in [0.29, 0.717) is 69.2 Å². The van der Waals surface area contributed by atoms with Crippen LogP contribution in [0.15, 0.2) is 36.4 Å². The molecule has 2 aromatic carbocycles. The Kier molecular flexibility index (Phi) is 7.35. The molecule has 37 heavy (non-hydrogen) atoms. The van der Waals surface area contributed by atoms with Crippen molar-refractivity contribution < 1.29 is 23.9 Å². The highest BCUT2D eigenvalue weighted by Crippen LogP contribution is 2.48. The summed E-state index contributed by atoms with van der Waals surface area (Å²) in [6.07, 6.45) is 2.90. The first-order valence-corrected chi connectivity index (χ1v) is 13.4. The van der Waals surface area contributed by atoms with Gasteiger partial charge >= 0.3 is 0 Å². The number of fused-ring (bicyclic) bond motifs is 4. The van der Waals surface area contributed by atoms with Gasteiger partial charge in [-0.05, 0) is 68.0 Å². The van der Waals surface area contributed by atoms with E-state index < -0.39 is 12.0 Å². The SMILES string of the molecule is CCOc1cc2c(cc1OCC)C1C(C(=O)NCCCN3CCCC3=O)c3ccccc3C(=O)N1CC2. The summed E-state index contributed by atoms with van der Waals surface area (Å²) < 4.78 is 11.7. The van der Waals surface area contributed by atoms with Crippen molar-refractivity contribution in [3.05, 3.63) is 58.7 Å². The minimum atomic E-state index is -0.547. The fraction of sp³-hybridized carbons (Fsp3) is 0.483. The predicted molar refractivity (Wildman–Crippen MR) is 139 cm³/mol. The maximum Gasteiger partial charge on any atom is 0.254 e. The molecule has 0 radical (unpaired) electrons. The lowest BCUT2D eigenvalue weighted by molar-refractivity contribution is -0.127. The third kappa shape index (κ3) is 4.77. The Morgan fingerprint density at radius 2 is 1.76 bits per heavy atom. The Morgan fingerprint density at radius 3 is 2.49 bits per heavy atom. The van der Waals surface area contributed by atoms with E-state index in [1.54, 1.807) is 0 Å². The van der Waals surface area contributed by atoms with Crippen molar-refractivity contribution >= 4 is 17.7 Å². The lowest BCUT2D eigenvalue weighted by atomic mass is 9.75. The van der Waals surface area contributed by atoms with E-state index in [0.717, 1.165) is 29.7 Å². The van der Waals surface area contributed by atoms with Gasteiger partial charge in [-0.15, -0.1) is 0 Å². The molecule has 0 aromatic heterocycles. The van der Waals surface area contributed by atoms with Gasteiger partial charge in [0.25, 0.3) is 5.91 Å². The lowest BCUT2D eigenvalue weighted by Crippen LogP contribution is -2.50. The number of nitrogens with one attached hydrogen (secondary N) is 1. The molecule has 3 heterocycles. The Morgan fingerprint density at radius 1 is 1.00 bits per heavy atom. The monoisotopic (exact) mass is 505 g/mol. The second-order valence-electron chi connectivity index (χ2n) is 9.75. The van der Waals surface area contributed by atoms with E-state index in [1.807, 2.05) is 60.0 Å². The third-order valence-corrected chi connectivity index (χ3v) is 7.54. The second kappa shape index (κ2) is 10.8. The molecule has 1 N–H and O–H groups in total. The van der Waals surface area contributed by atoms with Gasteiger partial charge in [0.15, 0.2) is 11.5 Å². The number of likely N-dealkylation sites (tertiary alicyclic amines) is 1. The van der Waals surface area contributed by atoms with Crippen LogP contribution in [-0.2, 0) is 16.0 Å². The highest BCUT2D eigenvalue weighted by atomic mass is 16.5. The van der Waals surface area contributed by atoms with Crippen LogP contribution in [0.2, 0.25) is 0 Å². The quantitative estimate of drug-likeness (QED) is 0.528. The maximum absolute atomic E-state index is 13.8. The summed E-state index contributed by atoms with van der Waals surface area (Å²) in [6.45, 7) is 7.32. The van der Waals surface area contributed by atoms with Crippen molar-refractivity contribution in [2.24, 2.45) is 0 Å². The molecule has 2 atom stereocenters. The molecular formula is C29H35N3O5. The van der Waals surface area contributed by atoms with Gasteiger partial charge in [0.1, 0.15) is 0 Å². The number of rotatable bonds is 9. The Hall–Kier alpha value is -3.55. The first-order valence-electron chi connectivity index (χ1n) is 13.4. The number of benzene rings is 2. The summed E-state index contributed by atoms with van der Waals surface area (Å²) in [6, 6.07) is 11.0. The molecule has 0 aliphatic carbocycles. The molecule has 8 nitrogen and oxygen atoms in total. The molecule has 3 amide bonds. The maximum atomic E-state index is 13.8. The Bertz CT molecular complexity index is 1200. The van der Waals surface area contributed by atoms with Gasteiger partial charge in [0.2, 0.25) is 11.8 Å². The zero-order chi connectivity index (χ0) is 25.9. The molecule has 2 aromatic rings. The predicted octanol–water partition coefficient (Wildman–Crippen LogP) is 3.45. The van der Waals surface area contributed by atoms with Crippen LogP contribution in [-0.4, -0.2) is 66.9 Å². The fourth-order valence-corrected chi connectivity index (χ4v) is 5.89. The number of amides is 3. The first kappa shape index (κ1) is 25.1. The van der Waals surface area contributed by atoms with Crippen LogP contribution in [0.3, 0.4) is 0 Å². The van der Waals surface area contributed by atoms with Crippen molar-refractivity contribution in [1.82, 2.24) is 15.1 Å². The molecule has 1 fully saturated rings. The highest BCUT2D eigenvalue weighted by Gasteiger charge is 2.46. The normalized spacial score (nSPS) is 20.3. The van der Waals surface area contributed by atoms with Crippen molar-refractivity contribution in [3.8, 4) is 11.5 Å².